The Labute approximate surface area is 168 Å². The molecule has 0 bridgehead atoms. The number of anilines is 1. The molecular formula is C23H19N3O3. The van der Waals surface area contributed by atoms with Crippen LogP contribution in [-0.4, -0.2) is 23.2 Å². The van der Waals surface area contributed by atoms with Gasteiger partial charge in [0.05, 0.1) is 7.11 Å². The minimum atomic E-state index is -0.121. The van der Waals surface area contributed by atoms with Crippen LogP contribution in [0.15, 0.2) is 72.8 Å². The maximum atomic E-state index is 11.2. The lowest BCUT2D eigenvalue weighted by molar-refractivity contribution is -0.114. The number of amides is 1. The van der Waals surface area contributed by atoms with Crippen molar-refractivity contribution in [2.75, 3.05) is 12.4 Å². The first-order valence-electron chi connectivity index (χ1n) is 9.09. The van der Waals surface area contributed by atoms with Crippen LogP contribution in [0.5, 0.6) is 17.4 Å². The second-order valence-corrected chi connectivity index (χ2v) is 6.44. The SMILES string of the molecule is COc1ccc(-c2nnc(Oc3ccc(NC(C)=O)cc3)c3ccccc23)cc1. The molecule has 1 aromatic heterocycles. The number of carbonyl (C=O) groups is 1. The third-order valence-electron chi connectivity index (χ3n) is 4.41. The normalized spacial score (nSPS) is 10.6. The van der Waals surface area contributed by atoms with Crippen molar-refractivity contribution in [2.24, 2.45) is 0 Å². The summed E-state index contributed by atoms with van der Waals surface area (Å²) < 4.78 is 11.2. The fourth-order valence-corrected chi connectivity index (χ4v) is 3.04. The van der Waals surface area contributed by atoms with Crippen LogP contribution < -0.4 is 14.8 Å². The zero-order valence-electron chi connectivity index (χ0n) is 16.0. The summed E-state index contributed by atoms with van der Waals surface area (Å²) in [7, 11) is 1.64. The Morgan fingerprint density at radius 1 is 0.828 bits per heavy atom. The predicted molar refractivity (Wildman–Crippen MR) is 112 cm³/mol. The van der Waals surface area contributed by atoms with E-state index in [9.17, 15) is 4.79 Å². The molecule has 0 fully saturated rings. The highest BCUT2D eigenvalue weighted by atomic mass is 16.5. The van der Waals surface area contributed by atoms with Crippen LogP contribution in [0.25, 0.3) is 22.0 Å². The van der Waals surface area contributed by atoms with E-state index in [2.05, 4.69) is 15.5 Å². The quantitative estimate of drug-likeness (QED) is 0.520. The van der Waals surface area contributed by atoms with Gasteiger partial charge in [0.25, 0.3) is 0 Å². The molecule has 0 atom stereocenters. The molecule has 3 aromatic carbocycles. The van der Waals surface area contributed by atoms with Crippen molar-refractivity contribution in [3.05, 3.63) is 72.8 Å². The number of aromatic nitrogens is 2. The highest BCUT2D eigenvalue weighted by molar-refractivity contribution is 5.97. The first-order chi connectivity index (χ1) is 14.1. The Balaban J connectivity index is 1.68. The second kappa shape index (κ2) is 7.98. The zero-order chi connectivity index (χ0) is 20.2. The van der Waals surface area contributed by atoms with Crippen molar-refractivity contribution < 1.29 is 14.3 Å². The van der Waals surface area contributed by atoms with E-state index in [1.807, 2.05) is 48.5 Å². The first-order valence-corrected chi connectivity index (χ1v) is 9.09. The number of hydrogen-bond acceptors (Lipinski definition) is 5. The number of rotatable bonds is 5. The Hall–Kier alpha value is -3.93. The topological polar surface area (TPSA) is 73.3 Å². The maximum Gasteiger partial charge on any atom is 0.246 e. The van der Waals surface area contributed by atoms with Crippen molar-refractivity contribution in [3.8, 4) is 28.6 Å². The van der Waals surface area contributed by atoms with Crippen molar-refractivity contribution in [1.29, 1.82) is 0 Å². The van der Waals surface area contributed by atoms with Gasteiger partial charge in [-0.3, -0.25) is 4.79 Å². The first kappa shape index (κ1) is 18.4. The molecule has 0 aliphatic heterocycles. The molecule has 4 rings (SSSR count). The Kier molecular flexibility index (Phi) is 5.07. The van der Waals surface area contributed by atoms with Crippen molar-refractivity contribution in [2.45, 2.75) is 6.92 Å². The van der Waals surface area contributed by atoms with Gasteiger partial charge in [0, 0.05) is 28.9 Å². The van der Waals surface area contributed by atoms with Crippen LogP contribution in [0, 0.1) is 0 Å². The summed E-state index contributed by atoms with van der Waals surface area (Å²) >= 11 is 0. The molecule has 0 saturated carbocycles. The maximum absolute atomic E-state index is 11.2. The molecule has 0 spiro atoms. The largest absolute Gasteiger partial charge is 0.497 e. The van der Waals surface area contributed by atoms with Gasteiger partial charge in [-0.1, -0.05) is 18.2 Å². The molecule has 4 aromatic rings. The van der Waals surface area contributed by atoms with Gasteiger partial charge in [-0.05, 0) is 54.6 Å². The third-order valence-corrected chi connectivity index (χ3v) is 4.41. The summed E-state index contributed by atoms with van der Waals surface area (Å²) in [6, 6.07) is 22.7. The molecule has 144 valence electrons. The van der Waals surface area contributed by atoms with E-state index in [1.165, 1.54) is 6.92 Å². The van der Waals surface area contributed by atoms with Crippen molar-refractivity contribution >= 4 is 22.4 Å². The standard InChI is InChI=1S/C23H19N3O3/c1-15(27)24-17-9-13-19(14-10-17)29-23-21-6-4-3-5-20(21)22(25-26-23)16-7-11-18(28-2)12-8-16/h3-14H,1-2H3,(H,24,27). The number of fused-ring (bicyclic) bond motifs is 1. The summed E-state index contributed by atoms with van der Waals surface area (Å²) in [6.07, 6.45) is 0. The van der Waals surface area contributed by atoms with E-state index < -0.39 is 0 Å². The molecule has 0 aliphatic rings. The molecule has 0 saturated heterocycles. The summed E-state index contributed by atoms with van der Waals surface area (Å²) in [6.45, 7) is 1.47. The summed E-state index contributed by atoms with van der Waals surface area (Å²) in [5.41, 5.74) is 2.42. The Morgan fingerprint density at radius 3 is 2.14 bits per heavy atom. The van der Waals surface area contributed by atoms with Gasteiger partial charge in [-0.25, -0.2) is 0 Å². The smallest absolute Gasteiger partial charge is 0.246 e. The van der Waals surface area contributed by atoms with Gasteiger partial charge >= 0.3 is 0 Å². The predicted octanol–water partition coefficient (Wildman–Crippen LogP) is 5.06. The monoisotopic (exact) mass is 385 g/mol. The van der Waals surface area contributed by atoms with Gasteiger partial charge in [-0.15, -0.1) is 10.2 Å². The van der Waals surface area contributed by atoms with Crippen LogP contribution in [0.2, 0.25) is 0 Å². The van der Waals surface area contributed by atoms with E-state index in [-0.39, 0.29) is 5.91 Å². The van der Waals surface area contributed by atoms with Crippen molar-refractivity contribution in [1.82, 2.24) is 10.2 Å². The molecule has 1 amide bonds. The van der Waals surface area contributed by atoms with Gasteiger partial charge in [0.1, 0.15) is 17.2 Å². The van der Waals surface area contributed by atoms with E-state index in [0.717, 1.165) is 27.8 Å². The molecule has 6 nitrogen and oxygen atoms in total. The molecule has 29 heavy (non-hydrogen) atoms. The van der Waals surface area contributed by atoms with Gasteiger partial charge in [0.15, 0.2) is 0 Å². The molecule has 1 N–H and O–H groups in total. The van der Waals surface area contributed by atoms with E-state index in [0.29, 0.717) is 17.3 Å². The van der Waals surface area contributed by atoms with E-state index in [4.69, 9.17) is 9.47 Å². The lowest BCUT2D eigenvalue weighted by atomic mass is 10.0. The average Bonchev–Trinajstić information content (AvgIpc) is 2.75. The molecule has 1 heterocycles. The number of benzene rings is 3. The van der Waals surface area contributed by atoms with E-state index in [1.54, 1.807) is 31.4 Å². The Morgan fingerprint density at radius 2 is 1.48 bits per heavy atom. The fourth-order valence-electron chi connectivity index (χ4n) is 3.04. The molecule has 6 heteroatoms. The number of ether oxygens (including phenoxy) is 2. The second-order valence-electron chi connectivity index (χ2n) is 6.44. The summed E-state index contributed by atoms with van der Waals surface area (Å²) in [4.78, 5) is 11.2. The summed E-state index contributed by atoms with van der Waals surface area (Å²) in [5.74, 6) is 1.69. The zero-order valence-corrected chi connectivity index (χ0v) is 16.0. The highest BCUT2D eigenvalue weighted by Gasteiger charge is 2.12. The van der Waals surface area contributed by atoms with E-state index >= 15 is 0 Å². The molecule has 0 aliphatic carbocycles. The number of carbonyl (C=O) groups excluding carboxylic acids is 1. The van der Waals surface area contributed by atoms with Gasteiger partial charge < -0.3 is 14.8 Å². The third kappa shape index (κ3) is 4.01. The Bertz CT molecular complexity index is 1160. The lowest BCUT2D eigenvalue weighted by Crippen LogP contribution is -2.05. The number of hydrogen-bond donors (Lipinski definition) is 1. The summed E-state index contributed by atoms with van der Waals surface area (Å²) in [5, 5.41) is 13.3. The van der Waals surface area contributed by atoms with Crippen LogP contribution in [0.1, 0.15) is 6.92 Å². The van der Waals surface area contributed by atoms with Crippen LogP contribution in [0.4, 0.5) is 5.69 Å². The number of nitrogens with one attached hydrogen (secondary N) is 1. The van der Waals surface area contributed by atoms with Gasteiger partial charge in [-0.2, -0.15) is 0 Å². The van der Waals surface area contributed by atoms with Crippen LogP contribution in [0.3, 0.4) is 0 Å². The molecule has 0 unspecified atom stereocenters. The minimum Gasteiger partial charge on any atom is -0.497 e. The number of nitrogens with zero attached hydrogens (tertiary/aromatic N) is 2. The lowest BCUT2D eigenvalue weighted by Gasteiger charge is -2.11. The van der Waals surface area contributed by atoms with Crippen molar-refractivity contribution in [3.63, 3.8) is 0 Å². The fraction of sp³-hybridized carbons (Fsp3) is 0.0870. The average molecular weight is 385 g/mol. The molecule has 0 radical (unpaired) electrons. The number of methoxy groups -OCH3 is 1. The van der Waals surface area contributed by atoms with Gasteiger partial charge in [0.2, 0.25) is 11.8 Å². The van der Waals surface area contributed by atoms with Crippen LogP contribution >= 0.6 is 0 Å². The molecular weight excluding hydrogens is 366 g/mol. The minimum absolute atomic E-state index is 0.121. The highest BCUT2D eigenvalue weighted by Crippen LogP contribution is 2.33. The van der Waals surface area contributed by atoms with Crippen LogP contribution in [-0.2, 0) is 4.79 Å².